The number of rotatable bonds is 10. The number of carbonyl (C=O) groups is 3. The molecule has 0 unspecified atom stereocenters. The molecule has 8 heteroatoms. The first kappa shape index (κ1) is 20.8. The fourth-order valence-corrected chi connectivity index (χ4v) is 2.54. The Kier molecular flexibility index (Phi) is 7.38. The van der Waals surface area contributed by atoms with Gasteiger partial charge in [-0.1, -0.05) is 30.3 Å². The van der Waals surface area contributed by atoms with E-state index in [2.05, 4.69) is 0 Å². The number of nitrogens with two attached hydrogens (primary N) is 1. The van der Waals surface area contributed by atoms with Crippen molar-refractivity contribution in [3.8, 4) is 11.5 Å². The molecule has 0 bridgehead atoms. The number of hydrogen-bond donors (Lipinski definition) is 2. The molecule has 0 heterocycles. The van der Waals surface area contributed by atoms with E-state index in [-0.39, 0.29) is 30.2 Å². The van der Waals surface area contributed by atoms with Crippen molar-refractivity contribution in [1.82, 2.24) is 4.90 Å². The van der Waals surface area contributed by atoms with Crippen LogP contribution < -0.4 is 15.2 Å². The molecule has 8 nitrogen and oxygen atoms in total. The first-order valence-electron chi connectivity index (χ1n) is 8.63. The minimum absolute atomic E-state index is 0.212. The highest BCUT2D eigenvalue weighted by Crippen LogP contribution is 2.29. The van der Waals surface area contributed by atoms with Crippen molar-refractivity contribution in [2.75, 3.05) is 19.8 Å². The van der Waals surface area contributed by atoms with Gasteiger partial charge in [0.05, 0.1) is 13.2 Å². The molecule has 0 atom stereocenters. The van der Waals surface area contributed by atoms with Crippen molar-refractivity contribution in [1.29, 1.82) is 0 Å². The SMILES string of the molecule is CCOc1cc(C(=O)N(CC(N)=O)Cc2ccccc2)ccc1OCC(=O)O. The van der Waals surface area contributed by atoms with E-state index in [1.54, 1.807) is 6.92 Å². The zero-order valence-electron chi connectivity index (χ0n) is 15.5. The predicted octanol–water partition coefficient (Wildman–Crippen LogP) is 1.68. The van der Waals surface area contributed by atoms with E-state index in [4.69, 9.17) is 20.3 Å². The maximum Gasteiger partial charge on any atom is 0.341 e. The van der Waals surface area contributed by atoms with Gasteiger partial charge in [0.1, 0.15) is 0 Å². The topological polar surface area (TPSA) is 119 Å². The molecule has 0 fully saturated rings. The van der Waals surface area contributed by atoms with Crippen molar-refractivity contribution >= 4 is 17.8 Å². The lowest BCUT2D eigenvalue weighted by atomic mass is 10.1. The summed E-state index contributed by atoms with van der Waals surface area (Å²) < 4.78 is 10.6. The third-order valence-electron chi connectivity index (χ3n) is 3.69. The van der Waals surface area contributed by atoms with Crippen LogP contribution in [-0.2, 0) is 16.1 Å². The average molecular weight is 386 g/mol. The Hall–Kier alpha value is -3.55. The lowest BCUT2D eigenvalue weighted by Crippen LogP contribution is -2.38. The van der Waals surface area contributed by atoms with Gasteiger partial charge in [0, 0.05) is 12.1 Å². The van der Waals surface area contributed by atoms with Crippen molar-refractivity contribution < 1.29 is 29.0 Å². The van der Waals surface area contributed by atoms with Gasteiger partial charge in [0.15, 0.2) is 18.1 Å². The number of aliphatic carboxylic acids is 1. The summed E-state index contributed by atoms with van der Waals surface area (Å²) in [4.78, 5) is 36.4. The second-order valence-corrected chi connectivity index (χ2v) is 5.89. The van der Waals surface area contributed by atoms with Crippen LogP contribution in [0.3, 0.4) is 0 Å². The summed E-state index contributed by atoms with van der Waals surface area (Å²) in [5, 5.41) is 8.76. The third-order valence-corrected chi connectivity index (χ3v) is 3.69. The monoisotopic (exact) mass is 386 g/mol. The summed E-state index contributed by atoms with van der Waals surface area (Å²) in [5.41, 5.74) is 6.42. The summed E-state index contributed by atoms with van der Waals surface area (Å²) in [5.74, 6) is -1.71. The lowest BCUT2D eigenvalue weighted by molar-refractivity contribution is -0.139. The molecule has 0 aliphatic carbocycles. The summed E-state index contributed by atoms with van der Waals surface area (Å²) in [7, 11) is 0. The van der Waals surface area contributed by atoms with Crippen LogP contribution in [0.4, 0.5) is 0 Å². The second kappa shape index (κ2) is 9.96. The van der Waals surface area contributed by atoms with Crippen LogP contribution in [0.15, 0.2) is 48.5 Å². The minimum atomic E-state index is -1.13. The molecule has 2 rings (SSSR count). The highest BCUT2D eigenvalue weighted by Gasteiger charge is 2.20. The number of benzene rings is 2. The van der Waals surface area contributed by atoms with Gasteiger partial charge >= 0.3 is 5.97 Å². The molecule has 2 aromatic carbocycles. The molecule has 0 aromatic heterocycles. The van der Waals surface area contributed by atoms with Crippen LogP contribution in [0.25, 0.3) is 0 Å². The van der Waals surface area contributed by atoms with Crippen molar-refractivity contribution in [2.24, 2.45) is 5.73 Å². The van der Waals surface area contributed by atoms with Gasteiger partial charge in [0.25, 0.3) is 5.91 Å². The van der Waals surface area contributed by atoms with E-state index in [1.807, 2.05) is 30.3 Å². The fourth-order valence-electron chi connectivity index (χ4n) is 2.54. The van der Waals surface area contributed by atoms with Gasteiger partial charge < -0.3 is 25.2 Å². The average Bonchev–Trinajstić information content (AvgIpc) is 2.66. The number of amides is 2. The summed E-state index contributed by atoms with van der Waals surface area (Å²) >= 11 is 0. The molecule has 0 aliphatic heterocycles. The fraction of sp³-hybridized carbons (Fsp3) is 0.250. The molecule has 0 saturated carbocycles. The predicted molar refractivity (Wildman–Crippen MR) is 101 cm³/mol. The zero-order chi connectivity index (χ0) is 20.5. The number of carboxylic acid groups (broad SMARTS) is 1. The Labute approximate surface area is 162 Å². The van der Waals surface area contributed by atoms with Gasteiger partial charge in [-0.15, -0.1) is 0 Å². The van der Waals surface area contributed by atoms with E-state index >= 15 is 0 Å². The molecule has 0 spiro atoms. The molecule has 0 radical (unpaired) electrons. The van der Waals surface area contributed by atoms with Crippen LogP contribution in [0.2, 0.25) is 0 Å². The van der Waals surface area contributed by atoms with Crippen molar-refractivity contribution in [3.05, 3.63) is 59.7 Å². The molecule has 2 aromatic rings. The van der Waals surface area contributed by atoms with Crippen LogP contribution in [0, 0.1) is 0 Å². The van der Waals surface area contributed by atoms with Gasteiger partial charge in [-0.25, -0.2) is 4.79 Å². The second-order valence-electron chi connectivity index (χ2n) is 5.89. The molecule has 2 amide bonds. The van der Waals surface area contributed by atoms with Crippen molar-refractivity contribution in [3.63, 3.8) is 0 Å². The summed E-state index contributed by atoms with van der Waals surface area (Å²) in [6, 6.07) is 13.6. The van der Waals surface area contributed by atoms with E-state index in [1.165, 1.54) is 23.1 Å². The molecule has 0 saturated heterocycles. The quantitative estimate of drug-likeness (QED) is 0.641. The van der Waals surface area contributed by atoms with Crippen LogP contribution >= 0.6 is 0 Å². The highest BCUT2D eigenvalue weighted by molar-refractivity contribution is 5.97. The minimum Gasteiger partial charge on any atom is -0.490 e. The normalized spacial score (nSPS) is 10.2. The number of hydrogen-bond acceptors (Lipinski definition) is 5. The van der Waals surface area contributed by atoms with E-state index < -0.39 is 24.4 Å². The first-order valence-corrected chi connectivity index (χ1v) is 8.63. The van der Waals surface area contributed by atoms with E-state index in [0.717, 1.165) is 5.56 Å². The van der Waals surface area contributed by atoms with E-state index in [9.17, 15) is 14.4 Å². The summed E-state index contributed by atoms with van der Waals surface area (Å²) in [6.45, 7) is 1.49. The third kappa shape index (κ3) is 6.01. The van der Waals surface area contributed by atoms with Gasteiger partial charge in [-0.2, -0.15) is 0 Å². The summed E-state index contributed by atoms with van der Waals surface area (Å²) in [6.07, 6.45) is 0. The molecule has 0 aliphatic rings. The maximum atomic E-state index is 12.9. The van der Waals surface area contributed by atoms with E-state index in [0.29, 0.717) is 6.61 Å². The highest BCUT2D eigenvalue weighted by atomic mass is 16.5. The molecule has 3 N–H and O–H groups in total. The number of carboxylic acids is 1. The Morgan fingerprint density at radius 2 is 1.75 bits per heavy atom. The smallest absolute Gasteiger partial charge is 0.341 e. The number of nitrogens with zero attached hydrogens (tertiary/aromatic N) is 1. The zero-order valence-corrected chi connectivity index (χ0v) is 15.5. The number of carbonyl (C=O) groups excluding carboxylic acids is 2. The van der Waals surface area contributed by atoms with Crippen molar-refractivity contribution in [2.45, 2.75) is 13.5 Å². The Bertz CT molecular complexity index is 838. The Morgan fingerprint density at radius 3 is 2.36 bits per heavy atom. The van der Waals surface area contributed by atoms with Crippen LogP contribution in [0.1, 0.15) is 22.8 Å². The Balaban J connectivity index is 2.27. The van der Waals surface area contributed by atoms with Crippen LogP contribution in [-0.4, -0.2) is 47.5 Å². The van der Waals surface area contributed by atoms with Gasteiger partial charge in [0.2, 0.25) is 5.91 Å². The van der Waals surface area contributed by atoms with Crippen LogP contribution in [0.5, 0.6) is 11.5 Å². The number of ether oxygens (including phenoxy) is 2. The van der Waals surface area contributed by atoms with Gasteiger partial charge in [-0.05, 0) is 30.7 Å². The lowest BCUT2D eigenvalue weighted by Gasteiger charge is -2.22. The van der Waals surface area contributed by atoms with Gasteiger partial charge in [-0.3, -0.25) is 9.59 Å². The standard InChI is InChI=1S/C20H22N2O6/c1-2-27-17-10-15(8-9-16(17)28-13-19(24)25)20(26)22(12-18(21)23)11-14-6-4-3-5-7-14/h3-10H,2,11-13H2,1H3,(H2,21,23)(H,24,25). The molecule has 28 heavy (non-hydrogen) atoms. The maximum absolute atomic E-state index is 12.9. The first-order chi connectivity index (χ1) is 13.4. The molecule has 148 valence electrons. The molecular weight excluding hydrogens is 364 g/mol. The Morgan fingerprint density at radius 1 is 1.04 bits per heavy atom. The largest absolute Gasteiger partial charge is 0.490 e. The molecular formula is C20H22N2O6. The number of primary amides is 1.